The van der Waals surface area contributed by atoms with Gasteiger partial charge in [0.05, 0.1) is 25.7 Å². The number of methoxy groups -OCH3 is 1. The van der Waals surface area contributed by atoms with E-state index in [9.17, 15) is 4.79 Å². The molecule has 1 aliphatic heterocycles. The van der Waals surface area contributed by atoms with Crippen molar-refractivity contribution >= 4 is 5.91 Å². The first-order valence-electron chi connectivity index (χ1n) is 7.19. The summed E-state index contributed by atoms with van der Waals surface area (Å²) in [5.74, 6) is 0.588. The minimum atomic E-state index is -0.0597. The second kappa shape index (κ2) is 8.51. The van der Waals surface area contributed by atoms with Gasteiger partial charge in [0.25, 0.3) is 0 Å². The van der Waals surface area contributed by atoms with Crippen molar-refractivity contribution in [3.63, 3.8) is 0 Å². The van der Waals surface area contributed by atoms with Crippen molar-refractivity contribution in [1.29, 1.82) is 0 Å². The molecule has 1 aliphatic rings. The van der Waals surface area contributed by atoms with Gasteiger partial charge in [-0.2, -0.15) is 0 Å². The van der Waals surface area contributed by atoms with E-state index < -0.39 is 0 Å². The molecule has 2 atom stereocenters. The van der Waals surface area contributed by atoms with E-state index in [0.29, 0.717) is 32.3 Å². The normalized spacial score (nSPS) is 23.0. The molecule has 112 valence electrons. The summed E-state index contributed by atoms with van der Waals surface area (Å²) in [6, 6.07) is 0.148. The lowest BCUT2D eigenvalue weighted by Gasteiger charge is -2.29. The predicted molar refractivity (Wildman–Crippen MR) is 75.1 cm³/mol. The molecule has 0 aromatic rings. The maximum atomic E-state index is 12.6. The zero-order valence-electron chi connectivity index (χ0n) is 12.6. The molecule has 0 saturated carbocycles. The molecule has 5 heteroatoms. The Morgan fingerprint density at radius 1 is 1.47 bits per heavy atom. The summed E-state index contributed by atoms with van der Waals surface area (Å²) in [7, 11) is 1.66. The van der Waals surface area contributed by atoms with E-state index in [1.54, 1.807) is 7.11 Å². The van der Waals surface area contributed by atoms with Gasteiger partial charge in [-0.05, 0) is 12.5 Å². The third-order valence-electron chi connectivity index (χ3n) is 3.33. The highest BCUT2D eigenvalue weighted by Gasteiger charge is 2.36. The Labute approximate surface area is 116 Å². The highest BCUT2D eigenvalue weighted by molar-refractivity contribution is 5.80. The topological polar surface area (TPSA) is 50.8 Å². The minimum absolute atomic E-state index is 0.0597. The van der Waals surface area contributed by atoms with Gasteiger partial charge in [0, 0.05) is 26.2 Å². The first-order valence-corrected chi connectivity index (χ1v) is 7.19. The van der Waals surface area contributed by atoms with E-state index in [0.717, 1.165) is 13.1 Å². The highest BCUT2D eigenvalue weighted by atomic mass is 16.5. The zero-order chi connectivity index (χ0) is 14.3. The molecule has 0 aromatic heterocycles. The van der Waals surface area contributed by atoms with Crippen LogP contribution in [0.4, 0.5) is 0 Å². The molecule has 1 saturated heterocycles. The second-order valence-corrected chi connectivity index (χ2v) is 5.48. The number of hydrogen-bond acceptors (Lipinski definition) is 4. The van der Waals surface area contributed by atoms with E-state index in [1.807, 2.05) is 4.90 Å². The third kappa shape index (κ3) is 5.09. The van der Waals surface area contributed by atoms with Crippen molar-refractivity contribution in [1.82, 2.24) is 10.2 Å². The Hall–Kier alpha value is -0.650. The fourth-order valence-corrected chi connectivity index (χ4v) is 2.43. The molecule has 0 spiro atoms. The van der Waals surface area contributed by atoms with Gasteiger partial charge in [0.2, 0.25) is 5.91 Å². The van der Waals surface area contributed by atoms with Crippen LogP contribution in [0.15, 0.2) is 0 Å². The van der Waals surface area contributed by atoms with E-state index in [1.165, 1.54) is 0 Å². The lowest BCUT2D eigenvalue weighted by Crippen LogP contribution is -2.47. The average Bonchev–Trinajstić information content (AvgIpc) is 2.82. The zero-order valence-corrected chi connectivity index (χ0v) is 12.6. The van der Waals surface area contributed by atoms with Crippen LogP contribution >= 0.6 is 0 Å². The van der Waals surface area contributed by atoms with Crippen LogP contribution in [0.25, 0.3) is 0 Å². The minimum Gasteiger partial charge on any atom is -0.383 e. The quantitative estimate of drug-likeness (QED) is 0.708. The lowest BCUT2D eigenvalue weighted by molar-refractivity contribution is -0.137. The molecule has 1 N–H and O–H groups in total. The molecular formula is C14H28N2O3. The number of ether oxygens (including phenoxy) is 2. The van der Waals surface area contributed by atoms with E-state index in [4.69, 9.17) is 9.47 Å². The van der Waals surface area contributed by atoms with E-state index >= 15 is 0 Å². The predicted octanol–water partition coefficient (Wildman–Crippen LogP) is 0.742. The Morgan fingerprint density at radius 3 is 2.79 bits per heavy atom. The Balaban J connectivity index is 2.62. The lowest BCUT2D eigenvalue weighted by atomic mass is 10.0. The van der Waals surface area contributed by atoms with Crippen LogP contribution < -0.4 is 5.32 Å². The molecule has 5 nitrogen and oxygen atoms in total. The van der Waals surface area contributed by atoms with Crippen molar-refractivity contribution in [2.45, 2.75) is 26.8 Å². The number of likely N-dealkylation sites (N-methyl/N-ethyl adjacent to an activating group) is 1. The molecule has 19 heavy (non-hydrogen) atoms. The molecule has 1 fully saturated rings. The highest BCUT2D eigenvalue weighted by Crippen LogP contribution is 2.17. The number of carbonyl (C=O) groups is 1. The van der Waals surface area contributed by atoms with Gasteiger partial charge < -0.3 is 19.7 Å². The van der Waals surface area contributed by atoms with Crippen molar-refractivity contribution in [2.24, 2.45) is 11.8 Å². The maximum absolute atomic E-state index is 12.6. The fourth-order valence-electron chi connectivity index (χ4n) is 2.43. The molecule has 0 radical (unpaired) electrons. The number of rotatable bonds is 8. The number of hydrogen-bond donors (Lipinski definition) is 1. The summed E-state index contributed by atoms with van der Waals surface area (Å²) in [5.41, 5.74) is 0. The van der Waals surface area contributed by atoms with Crippen LogP contribution in [0.3, 0.4) is 0 Å². The molecule has 1 rings (SSSR count). The summed E-state index contributed by atoms with van der Waals surface area (Å²) < 4.78 is 10.6. The van der Waals surface area contributed by atoms with Crippen molar-refractivity contribution < 1.29 is 14.3 Å². The molecular weight excluding hydrogens is 244 g/mol. The average molecular weight is 272 g/mol. The number of nitrogens with zero attached hydrogens (tertiary/aromatic N) is 1. The standard InChI is InChI=1S/C14H28N2O3/c1-5-15-13-10-19-9-12(13)14(17)16(6-7-18-4)8-11(2)3/h11-13,15H,5-10H2,1-4H3. The van der Waals surface area contributed by atoms with Crippen LogP contribution in [-0.4, -0.2) is 63.4 Å². The van der Waals surface area contributed by atoms with E-state index in [-0.39, 0.29) is 17.9 Å². The van der Waals surface area contributed by atoms with Gasteiger partial charge in [-0.1, -0.05) is 20.8 Å². The number of amides is 1. The summed E-state index contributed by atoms with van der Waals surface area (Å²) >= 11 is 0. The van der Waals surface area contributed by atoms with Gasteiger partial charge in [0.1, 0.15) is 0 Å². The molecule has 0 bridgehead atoms. The van der Waals surface area contributed by atoms with Crippen molar-refractivity contribution in [2.75, 3.05) is 46.6 Å². The van der Waals surface area contributed by atoms with Crippen molar-refractivity contribution in [3.05, 3.63) is 0 Å². The fraction of sp³-hybridized carbons (Fsp3) is 0.929. The van der Waals surface area contributed by atoms with Gasteiger partial charge >= 0.3 is 0 Å². The Morgan fingerprint density at radius 2 is 2.21 bits per heavy atom. The molecule has 2 unspecified atom stereocenters. The monoisotopic (exact) mass is 272 g/mol. The van der Waals surface area contributed by atoms with Crippen LogP contribution in [0, 0.1) is 11.8 Å². The maximum Gasteiger partial charge on any atom is 0.229 e. The number of carbonyl (C=O) groups excluding carboxylic acids is 1. The summed E-state index contributed by atoms with van der Waals surface area (Å²) in [6.07, 6.45) is 0. The van der Waals surface area contributed by atoms with Gasteiger partial charge in [-0.3, -0.25) is 4.79 Å². The Bertz CT molecular complexity index is 271. The second-order valence-electron chi connectivity index (χ2n) is 5.48. The summed E-state index contributed by atoms with van der Waals surface area (Å²) in [5, 5.41) is 3.34. The van der Waals surface area contributed by atoms with E-state index in [2.05, 4.69) is 26.1 Å². The van der Waals surface area contributed by atoms with Gasteiger partial charge in [0.15, 0.2) is 0 Å². The molecule has 1 heterocycles. The van der Waals surface area contributed by atoms with Gasteiger partial charge in [-0.15, -0.1) is 0 Å². The van der Waals surface area contributed by atoms with Crippen LogP contribution in [0.2, 0.25) is 0 Å². The molecule has 0 aliphatic carbocycles. The van der Waals surface area contributed by atoms with Gasteiger partial charge in [-0.25, -0.2) is 0 Å². The molecule has 0 aromatic carbocycles. The molecule has 1 amide bonds. The largest absolute Gasteiger partial charge is 0.383 e. The first-order chi connectivity index (χ1) is 9.10. The van der Waals surface area contributed by atoms with Crippen LogP contribution in [0.5, 0.6) is 0 Å². The number of nitrogens with one attached hydrogen (secondary N) is 1. The Kier molecular flexibility index (Phi) is 7.34. The smallest absolute Gasteiger partial charge is 0.229 e. The summed E-state index contributed by atoms with van der Waals surface area (Å²) in [4.78, 5) is 14.5. The van der Waals surface area contributed by atoms with Crippen LogP contribution in [0.1, 0.15) is 20.8 Å². The first kappa shape index (κ1) is 16.4. The SMILES string of the molecule is CCNC1COCC1C(=O)N(CCOC)CC(C)C. The summed E-state index contributed by atoms with van der Waals surface area (Å²) in [6.45, 7) is 10.3. The third-order valence-corrected chi connectivity index (χ3v) is 3.33. The van der Waals surface area contributed by atoms with Crippen molar-refractivity contribution in [3.8, 4) is 0 Å². The van der Waals surface area contributed by atoms with Crippen LogP contribution in [-0.2, 0) is 14.3 Å².